The van der Waals surface area contributed by atoms with Crippen molar-refractivity contribution >= 4 is 39.5 Å². The molecule has 0 bridgehead atoms. The molecule has 0 spiro atoms. The van der Waals surface area contributed by atoms with Crippen LogP contribution in [0.4, 0.5) is 0 Å². The summed E-state index contributed by atoms with van der Waals surface area (Å²) in [6, 6.07) is 0. The summed E-state index contributed by atoms with van der Waals surface area (Å²) >= 11 is 0. The minimum atomic E-state index is -4.96. The summed E-state index contributed by atoms with van der Waals surface area (Å²) < 4.78 is 68.7. The van der Waals surface area contributed by atoms with Gasteiger partial charge in [0.15, 0.2) is 12.2 Å². The van der Waals surface area contributed by atoms with Crippen molar-refractivity contribution in [1.82, 2.24) is 0 Å². The number of phosphoric acid groups is 2. The van der Waals surface area contributed by atoms with Crippen LogP contribution < -0.4 is 0 Å². The molecule has 0 aromatic rings. The van der Waals surface area contributed by atoms with Crippen LogP contribution in [0.15, 0.2) is 0 Å². The standard InChI is InChI=1S/C80H156O17P2/c1-9-72(7)58-50-42-34-30-31-37-47-55-63-80(85)97-76(67-91-78(83)61-53-45-39-38-43-51-59-73(8)10-2)69-95-99(88,89)93-65-74(81)64-92-98(86,87)94-68-75(66-90-77(82)60-52-44-35-28-24-20-17-13-15-19-23-27-33-41-49-57-71(5)6)96-79(84)62-54-46-36-29-25-21-16-12-11-14-18-22-26-32-40-48-56-70(3)4/h70-76,81H,9-69H2,1-8H3,(H,86,87)(H,88,89)/t72?,73?,74-,75-,76-/m1/s1. The Morgan fingerprint density at radius 2 is 0.485 bits per heavy atom. The molecular formula is C80H156O17P2. The predicted octanol–water partition coefficient (Wildman–Crippen LogP) is 23.6. The van der Waals surface area contributed by atoms with Gasteiger partial charge in [-0.1, -0.05) is 357 Å². The van der Waals surface area contributed by atoms with Crippen LogP contribution in [0, 0.1) is 23.7 Å². The van der Waals surface area contributed by atoms with Crippen molar-refractivity contribution in [2.24, 2.45) is 23.7 Å². The van der Waals surface area contributed by atoms with Gasteiger partial charge in [-0.05, 0) is 49.4 Å². The molecule has 588 valence electrons. The van der Waals surface area contributed by atoms with E-state index in [9.17, 15) is 43.2 Å². The third-order valence-corrected chi connectivity index (χ3v) is 21.2. The number of hydrogen-bond donors (Lipinski definition) is 3. The second kappa shape index (κ2) is 69.1. The van der Waals surface area contributed by atoms with Crippen LogP contribution in [0.25, 0.3) is 0 Å². The highest BCUT2D eigenvalue weighted by molar-refractivity contribution is 7.47. The first kappa shape index (κ1) is 97.1. The molecule has 0 aliphatic heterocycles. The quantitative estimate of drug-likeness (QED) is 0.0222. The van der Waals surface area contributed by atoms with E-state index in [-0.39, 0.29) is 25.7 Å². The average Bonchev–Trinajstić information content (AvgIpc) is 0.985. The number of carbonyl (C=O) groups excluding carboxylic acids is 4. The SMILES string of the molecule is CCC(C)CCCCCCCCCCC(=O)O[C@H](COC(=O)CCCCCCCCC(C)CC)COP(=O)(O)OC[C@H](O)COP(=O)(O)OC[C@@H](COC(=O)CCCCCCCCCCCCCCCCCC(C)C)OC(=O)CCCCCCCCCCCCCCCCCCC(C)C. The molecule has 19 heteroatoms. The van der Waals surface area contributed by atoms with Gasteiger partial charge in [0, 0.05) is 25.7 Å². The Balaban J connectivity index is 5.24. The Kier molecular flexibility index (Phi) is 67.8. The molecule has 99 heavy (non-hydrogen) atoms. The fourth-order valence-electron chi connectivity index (χ4n) is 12.2. The zero-order valence-corrected chi connectivity index (χ0v) is 66.9. The van der Waals surface area contributed by atoms with E-state index < -0.39 is 97.5 Å². The minimum Gasteiger partial charge on any atom is -0.462 e. The summed E-state index contributed by atoms with van der Waals surface area (Å²) in [5.41, 5.74) is 0. The maximum Gasteiger partial charge on any atom is 0.472 e. The van der Waals surface area contributed by atoms with Crippen molar-refractivity contribution in [2.45, 2.75) is 427 Å². The molecule has 0 aliphatic rings. The highest BCUT2D eigenvalue weighted by Gasteiger charge is 2.30. The van der Waals surface area contributed by atoms with Crippen molar-refractivity contribution in [3.05, 3.63) is 0 Å². The Bertz CT molecular complexity index is 1940. The molecule has 0 aromatic heterocycles. The molecular weight excluding hydrogens is 1290 g/mol. The summed E-state index contributed by atoms with van der Waals surface area (Å²) in [5.74, 6) is 0.998. The van der Waals surface area contributed by atoms with Gasteiger partial charge >= 0.3 is 39.5 Å². The Hall–Kier alpha value is -1.94. The van der Waals surface area contributed by atoms with E-state index in [1.54, 1.807) is 0 Å². The van der Waals surface area contributed by atoms with E-state index >= 15 is 0 Å². The number of phosphoric ester groups is 2. The van der Waals surface area contributed by atoms with Crippen molar-refractivity contribution in [2.75, 3.05) is 39.6 Å². The number of unbranched alkanes of at least 4 members (excludes halogenated alkanes) is 41. The molecule has 0 amide bonds. The fraction of sp³-hybridized carbons (Fsp3) is 0.950. The molecule has 17 nitrogen and oxygen atoms in total. The smallest absolute Gasteiger partial charge is 0.462 e. The van der Waals surface area contributed by atoms with E-state index in [1.165, 1.54) is 205 Å². The van der Waals surface area contributed by atoms with Gasteiger partial charge in [-0.2, -0.15) is 0 Å². The van der Waals surface area contributed by atoms with Crippen molar-refractivity contribution in [3.8, 4) is 0 Å². The summed E-state index contributed by atoms with van der Waals surface area (Å²) in [6.45, 7) is 14.2. The lowest BCUT2D eigenvalue weighted by Crippen LogP contribution is -2.30. The first-order chi connectivity index (χ1) is 47.7. The third kappa shape index (κ3) is 71.5. The number of carbonyl (C=O) groups is 4. The van der Waals surface area contributed by atoms with E-state index in [0.717, 1.165) is 120 Å². The molecule has 0 saturated heterocycles. The van der Waals surface area contributed by atoms with Crippen LogP contribution in [-0.4, -0.2) is 96.7 Å². The lowest BCUT2D eigenvalue weighted by atomic mass is 9.99. The molecule has 0 radical (unpaired) electrons. The summed E-state index contributed by atoms with van der Waals surface area (Å²) in [6.07, 6.45) is 55.5. The van der Waals surface area contributed by atoms with Crippen LogP contribution >= 0.6 is 15.6 Å². The largest absolute Gasteiger partial charge is 0.472 e. The van der Waals surface area contributed by atoms with Gasteiger partial charge in [0.2, 0.25) is 0 Å². The molecule has 0 saturated carbocycles. The number of ether oxygens (including phenoxy) is 4. The molecule has 0 fully saturated rings. The highest BCUT2D eigenvalue weighted by Crippen LogP contribution is 2.45. The Labute approximate surface area is 607 Å². The monoisotopic (exact) mass is 1450 g/mol. The van der Waals surface area contributed by atoms with Gasteiger partial charge < -0.3 is 33.8 Å². The first-order valence-electron chi connectivity index (χ1n) is 41.3. The van der Waals surface area contributed by atoms with Crippen LogP contribution in [-0.2, 0) is 65.4 Å². The molecule has 0 rings (SSSR count). The van der Waals surface area contributed by atoms with Gasteiger partial charge in [0.05, 0.1) is 26.4 Å². The number of hydrogen-bond acceptors (Lipinski definition) is 15. The molecule has 0 heterocycles. The van der Waals surface area contributed by atoms with Crippen molar-refractivity contribution in [1.29, 1.82) is 0 Å². The molecule has 4 unspecified atom stereocenters. The number of aliphatic hydroxyl groups excluding tert-OH is 1. The predicted molar refractivity (Wildman–Crippen MR) is 404 cm³/mol. The minimum absolute atomic E-state index is 0.104. The third-order valence-electron chi connectivity index (χ3n) is 19.3. The molecule has 0 aliphatic carbocycles. The van der Waals surface area contributed by atoms with Crippen LogP contribution in [0.3, 0.4) is 0 Å². The van der Waals surface area contributed by atoms with E-state index in [1.807, 2.05) is 0 Å². The lowest BCUT2D eigenvalue weighted by molar-refractivity contribution is -0.161. The van der Waals surface area contributed by atoms with Gasteiger partial charge in [-0.15, -0.1) is 0 Å². The summed E-state index contributed by atoms with van der Waals surface area (Å²) in [7, 11) is -9.92. The maximum atomic E-state index is 13.1. The number of rotatable bonds is 77. The van der Waals surface area contributed by atoms with Gasteiger partial charge in [0.1, 0.15) is 19.3 Å². The molecule has 0 aromatic carbocycles. The van der Waals surface area contributed by atoms with Crippen LogP contribution in [0.5, 0.6) is 0 Å². The van der Waals surface area contributed by atoms with Gasteiger partial charge in [-0.25, -0.2) is 9.13 Å². The summed E-state index contributed by atoms with van der Waals surface area (Å²) in [5, 5.41) is 10.6. The van der Waals surface area contributed by atoms with Crippen molar-refractivity contribution in [3.63, 3.8) is 0 Å². The average molecular weight is 1450 g/mol. The van der Waals surface area contributed by atoms with Gasteiger partial charge in [0.25, 0.3) is 0 Å². The summed E-state index contributed by atoms with van der Waals surface area (Å²) in [4.78, 5) is 73.0. The first-order valence-corrected chi connectivity index (χ1v) is 44.3. The second-order valence-electron chi connectivity index (χ2n) is 30.2. The molecule has 7 atom stereocenters. The van der Waals surface area contributed by atoms with Crippen LogP contribution in [0.2, 0.25) is 0 Å². The van der Waals surface area contributed by atoms with Crippen LogP contribution in [0.1, 0.15) is 409 Å². The topological polar surface area (TPSA) is 237 Å². The normalized spacial score (nSPS) is 14.6. The Morgan fingerprint density at radius 3 is 0.717 bits per heavy atom. The Morgan fingerprint density at radius 1 is 0.283 bits per heavy atom. The van der Waals surface area contributed by atoms with Gasteiger partial charge in [-0.3, -0.25) is 37.3 Å². The van der Waals surface area contributed by atoms with E-state index in [0.29, 0.717) is 25.7 Å². The fourth-order valence-corrected chi connectivity index (χ4v) is 13.8. The van der Waals surface area contributed by atoms with E-state index in [4.69, 9.17) is 37.0 Å². The molecule has 3 N–H and O–H groups in total. The lowest BCUT2D eigenvalue weighted by Gasteiger charge is -2.21. The zero-order chi connectivity index (χ0) is 73.1. The van der Waals surface area contributed by atoms with E-state index in [2.05, 4.69) is 55.4 Å². The van der Waals surface area contributed by atoms with Crippen molar-refractivity contribution < 1.29 is 80.2 Å². The maximum absolute atomic E-state index is 13.1. The number of aliphatic hydroxyl groups is 1. The number of esters is 4. The highest BCUT2D eigenvalue weighted by atomic mass is 31.2. The second-order valence-corrected chi connectivity index (χ2v) is 33.1. The zero-order valence-electron chi connectivity index (χ0n) is 65.1.